The van der Waals surface area contributed by atoms with E-state index in [9.17, 15) is 9.59 Å². The lowest BCUT2D eigenvalue weighted by molar-refractivity contribution is -0.902. The molecule has 1 aliphatic rings. The van der Waals surface area contributed by atoms with E-state index < -0.39 is 0 Å². The van der Waals surface area contributed by atoms with E-state index in [2.05, 4.69) is 16.9 Å². The Morgan fingerprint density at radius 3 is 2.73 bits per heavy atom. The molecule has 1 aliphatic heterocycles. The number of aryl methyl sites for hydroxylation is 2. The van der Waals surface area contributed by atoms with Crippen molar-refractivity contribution in [2.45, 2.75) is 38.7 Å². The van der Waals surface area contributed by atoms with Crippen LogP contribution in [0, 0.1) is 13.8 Å². The van der Waals surface area contributed by atoms with E-state index in [1.165, 1.54) is 0 Å². The largest absolute Gasteiger partial charge is 0.332 e. The van der Waals surface area contributed by atoms with Gasteiger partial charge in [-0.15, -0.1) is 23.1 Å². The number of likely N-dealkylation sites (N-methyl/N-ethyl adjacent to an activating group) is 1. The lowest BCUT2D eigenvalue weighted by Crippen LogP contribution is -3.14. The predicted molar refractivity (Wildman–Crippen MR) is 108 cm³/mol. The summed E-state index contributed by atoms with van der Waals surface area (Å²) in [7, 11) is 0. The average Bonchev–Trinajstić information content (AvgIpc) is 2.93. The highest BCUT2D eigenvalue weighted by Crippen LogP contribution is 2.26. The lowest BCUT2D eigenvalue weighted by atomic mass is 10.2. The number of aromatic amines is 1. The van der Waals surface area contributed by atoms with Gasteiger partial charge in [0.25, 0.3) is 5.56 Å². The molecule has 0 aromatic carbocycles. The number of thiophene rings is 1. The van der Waals surface area contributed by atoms with Gasteiger partial charge in [0.05, 0.1) is 49.1 Å². The molecule has 2 aromatic heterocycles. The molecular formula is C18H27N4O2S2+. The second kappa shape index (κ2) is 8.10. The number of nitrogens with one attached hydrogen (secondary N) is 2. The first-order valence-electron chi connectivity index (χ1n) is 9.13. The van der Waals surface area contributed by atoms with E-state index in [-0.39, 0.29) is 16.7 Å². The topological polar surface area (TPSA) is 70.5 Å². The molecule has 2 aromatic rings. The van der Waals surface area contributed by atoms with Crippen molar-refractivity contribution in [2.24, 2.45) is 0 Å². The van der Waals surface area contributed by atoms with Gasteiger partial charge in [-0.05, 0) is 33.3 Å². The number of amides is 1. The van der Waals surface area contributed by atoms with Gasteiger partial charge in [0.2, 0.25) is 5.91 Å². The van der Waals surface area contributed by atoms with Crippen molar-refractivity contribution in [1.82, 2.24) is 14.9 Å². The third kappa shape index (κ3) is 3.97. The molecule has 0 spiro atoms. The normalized spacial score (nSPS) is 17.0. The first kappa shape index (κ1) is 19.4. The summed E-state index contributed by atoms with van der Waals surface area (Å²) < 4.78 is 0. The molecule has 1 amide bonds. The fourth-order valence-corrected chi connectivity index (χ4v) is 5.18. The molecule has 0 bridgehead atoms. The first-order chi connectivity index (χ1) is 12.4. The number of fused-ring (bicyclic) bond motifs is 1. The second-order valence-corrected chi connectivity index (χ2v) is 9.39. The Bertz CT molecular complexity index is 853. The van der Waals surface area contributed by atoms with Crippen LogP contribution >= 0.6 is 23.1 Å². The molecule has 3 heterocycles. The van der Waals surface area contributed by atoms with E-state index in [1.54, 1.807) is 28.0 Å². The molecule has 1 saturated heterocycles. The first-order valence-corrected chi connectivity index (χ1v) is 11.0. The van der Waals surface area contributed by atoms with Gasteiger partial charge >= 0.3 is 0 Å². The fourth-order valence-electron chi connectivity index (χ4n) is 3.30. The van der Waals surface area contributed by atoms with Crippen molar-refractivity contribution in [3.63, 3.8) is 0 Å². The average molecular weight is 396 g/mol. The van der Waals surface area contributed by atoms with Crippen LogP contribution in [0.4, 0.5) is 0 Å². The zero-order valence-electron chi connectivity index (χ0n) is 15.8. The summed E-state index contributed by atoms with van der Waals surface area (Å²) in [6.07, 6.45) is 0. The van der Waals surface area contributed by atoms with Crippen LogP contribution in [0.15, 0.2) is 4.79 Å². The Morgan fingerprint density at radius 1 is 1.38 bits per heavy atom. The Morgan fingerprint density at radius 2 is 2.08 bits per heavy atom. The van der Waals surface area contributed by atoms with Crippen molar-refractivity contribution in [2.75, 3.05) is 32.7 Å². The molecule has 26 heavy (non-hydrogen) atoms. The molecule has 0 unspecified atom stereocenters. The molecule has 3 rings (SSSR count). The lowest BCUT2D eigenvalue weighted by Gasteiger charge is -2.33. The third-order valence-corrected chi connectivity index (χ3v) is 7.43. The predicted octanol–water partition coefficient (Wildman–Crippen LogP) is 0.970. The minimum Gasteiger partial charge on any atom is -0.332 e. The van der Waals surface area contributed by atoms with Gasteiger partial charge in [-0.25, -0.2) is 4.98 Å². The number of thioether (sulfide) groups is 1. The molecule has 0 radical (unpaired) electrons. The minimum absolute atomic E-state index is 0.0786. The smallest absolute Gasteiger partial charge is 0.259 e. The summed E-state index contributed by atoms with van der Waals surface area (Å²) in [5.74, 6) is 1.37. The number of hydrogen-bond acceptors (Lipinski definition) is 5. The van der Waals surface area contributed by atoms with Gasteiger partial charge < -0.3 is 14.8 Å². The SMILES string of the molecule is CC[NH+]1CCN(C(=O)[C@H](C)SCc2nc3sc(C)c(C)c3c(=O)[nH]2)CC1. The summed E-state index contributed by atoms with van der Waals surface area (Å²) >= 11 is 3.09. The van der Waals surface area contributed by atoms with Gasteiger partial charge in [0.15, 0.2) is 0 Å². The highest BCUT2D eigenvalue weighted by atomic mass is 32.2. The van der Waals surface area contributed by atoms with Gasteiger partial charge in [-0.3, -0.25) is 9.59 Å². The molecular weight excluding hydrogens is 368 g/mol. The van der Waals surface area contributed by atoms with Crippen LogP contribution in [-0.4, -0.2) is 58.7 Å². The van der Waals surface area contributed by atoms with E-state index in [1.807, 2.05) is 25.7 Å². The number of nitrogens with zero attached hydrogens (tertiary/aromatic N) is 2. The van der Waals surface area contributed by atoms with E-state index in [4.69, 9.17) is 0 Å². The van der Waals surface area contributed by atoms with Crippen LogP contribution in [0.25, 0.3) is 10.2 Å². The van der Waals surface area contributed by atoms with E-state index >= 15 is 0 Å². The van der Waals surface area contributed by atoms with Crippen LogP contribution in [0.2, 0.25) is 0 Å². The number of carbonyl (C=O) groups is 1. The van der Waals surface area contributed by atoms with Crippen LogP contribution < -0.4 is 10.5 Å². The Balaban J connectivity index is 1.62. The monoisotopic (exact) mass is 395 g/mol. The number of piperazine rings is 1. The summed E-state index contributed by atoms with van der Waals surface area (Å²) in [4.78, 5) is 37.9. The fraction of sp³-hybridized carbons (Fsp3) is 0.611. The molecule has 0 saturated carbocycles. The van der Waals surface area contributed by atoms with Gasteiger partial charge in [0, 0.05) is 4.88 Å². The summed E-state index contributed by atoms with van der Waals surface area (Å²) in [5, 5.41) is 0.563. The maximum Gasteiger partial charge on any atom is 0.259 e. The Hall–Kier alpha value is -1.38. The van der Waals surface area contributed by atoms with Crippen molar-refractivity contribution in [1.29, 1.82) is 0 Å². The third-order valence-electron chi connectivity index (χ3n) is 5.19. The van der Waals surface area contributed by atoms with E-state index in [0.29, 0.717) is 17.0 Å². The highest BCUT2D eigenvalue weighted by Gasteiger charge is 2.26. The van der Waals surface area contributed by atoms with Crippen molar-refractivity contribution in [3.05, 3.63) is 26.6 Å². The highest BCUT2D eigenvalue weighted by molar-refractivity contribution is 7.99. The zero-order chi connectivity index (χ0) is 18.8. The number of aromatic nitrogens is 2. The van der Waals surface area contributed by atoms with Crippen LogP contribution in [0.5, 0.6) is 0 Å². The van der Waals surface area contributed by atoms with Gasteiger partial charge in [0.1, 0.15) is 10.7 Å². The molecule has 8 heteroatoms. The summed E-state index contributed by atoms with van der Waals surface area (Å²) in [6.45, 7) is 13.0. The maximum atomic E-state index is 12.6. The molecule has 2 N–H and O–H groups in total. The second-order valence-electron chi connectivity index (χ2n) is 6.86. The zero-order valence-corrected chi connectivity index (χ0v) is 17.5. The van der Waals surface area contributed by atoms with Crippen molar-refractivity contribution < 1.29 is 9.69 Å². The van der Waals surface area contributed by atoms with Crippen LogP contribution in [0.3, 0.4) is 0 Å². The number of quaternary nitrogens is 1. The van der Waals surface area contributed by atoms with Gasteiger partial charge in [-0.1, -0.05) is 0 Å². The quantitative estimate of drug-likeness (QED) is 0.792. The van der Waals surface area contributed by atoms with E-state index in [0.717, 1.165) is 48.0 Å². The maximum absolute atomic E-state index is 12.6. The molecule has 6 nitrogen and oxygen atoms in total. The molecule has 1 atom stereocenters. The van der Waals surface area contributed by atoms with Crippen molar-refractivity contribution >= 4 is 39.2 Å². The Labute approximate surface area is 162 Å². The summed E-state index contributed by atoms with van der Waals surface area (Å²) in [5.41, 5.74) is 0.931. The molecule has 142 valence electrons. The standard InChI is InChI=1S/C18H26N4O2S2/c1-5-21-6-8-22(9-7-21)18(24)13(4)25-10-14-19-16(23)15-11(2)12(3)26-17(15)20-14/h13H,5-10H2,1-4H3,(H,19,20,23)/p+1/t13-/m0/s1. The minimum atomic E-state index is -0.133. The van der Waals surface area contributed by atoms with Crippen molar-refractivity contribution in [3.8, 4) is 0 Å². The number of carbonyl (C=O) groups excluding carboxylic acids is 1. The number of hydrogen-bond donors (Lipinski definition) is 2. The van der Waals surface area contributed by atoms with Crippen LogP contribution in [0.1, 0.15) is 30.1 Å². The van der Waals surface area contributed by atoms with Crippen LogP contribution in [-0.2, 0) is 10.5 Å². The number of H-pyrrole nitrogens is 1. The molecule has 0 aliphatic carbocycles. The van der Waals surface area contributed by atoms with Gasteiger partial charge in [-0.2, -0.15) is 0 Å². The molecule has 1 fully saturated rings. The summed E-state index contributed by atoms with van der Waals surface area (Å²) in [6, 6.07) is 0. The Kier molecular flexibility index (Phi) is 6.04. The number of rotatable bonds is 5.